The molecular weight excluding hydrogens is 511 g/mol. The molecular formula is C38H29BN2O. The van der Waals surface area contributed by atoms with Crippen LogP contribution in [-0.4, -0.2) is 6.71 Å². The third kappa shape index (κ3) is 3.76. The minimum absolute atomic E-state index is 0.0452. The van der Waals surface area contributed by atoms with Crippen molar-refractivity contribution in [1.82, 2.24) is 0 Å². The lowest BCUT2D eigenvalue weighted by Crippen LogP contribution is -2.60. The maximum Gasteiger partial charge on any atom is 0.256 e. The Kier molecular flexibility index (Phi) is 5.68. The van der Waals surface area contributed by atoms with Crippen LogP contribution in [-0.2, 0) is 0 Å². The molecule has 2 aliphatic rings. The van der Waals surface area contributed by atoms with Gasteiger partial charge in [-0.2, -0.15) is 0 Å². The van der Waals surface area contributed by atoms with Gasteiger partial charge in [0.15, 0.2) is 0 Å². The van der Waals surface area contributed by atoms with Gasteiger partial charge in [-0.05, 0) is 96.5 Å². The maximum absolute atomic E-state index is 6.97. The molecule has 0 atom stereocenters. The number of aryl methyl sites for hydroxylation is 2. The van der Waals surface area contributed by atoms with Gasteiger partial charge < -0.3 is 14.5 Å². The van der Waals surface area contributed by atoms with E-state index in [0.29, 0.717) is 0 Å². The van der Waals surface area contributed by atoms with E-state index in [0.717, 1.165) is 39.9 Å². The SMILES string of the molecule is Cc1cc(C)c2c(c1)N(c1ccccc1)c1ccc(N(c3ccccc3)c3ccccc3)c3c1B2c1ccccc1O3. The van der Waals surface area contributed by atoms with E-state index in [-0.39, 0.29) is 6.71 Å². The van der Waals surface area contributed by atoms with E-state index in [1.165, 1.54) is 33.2 Å². The molecule has 0 aliphatic carbocycles. The van der Waals surface area contributed by atoms with Gasteiger partial charge in [-0.3, -0.25) is 0 Å². The Morgan fingerprint density at radius 1 is 0.595 bits per heavy atom. The summed E-state index contributed by atoms with van der Waals surface area (Å²) in [5.41, 5.74) is 13.0. The first-order valence-corrected chi connectivity index (χ1v) is 14.5. The van der Waals surface area contributed by atoms with Crippen molar-refractivity contribution in [2.75, 3.05) is 9.80 Å². The molecule has 0 saturated carbocycles. The van der Waals surface area contributed by atoms with Crippen molar-refractivity contribution in [2.45, 2.75) is 13.8 Å². The Bertz CT molecular complexity index is 1900. The molecule has 8 rings (SSSR count). The third-order valence-electron chi connectivity index (χ3n) is 8.45. The van der Waals surface area contributed by atoms with Crippen molar-refractivity contribution in [2.24, 2.45) is 0 Å². The number of nitrogens with zero attached hydrogens (tertiary/aromatic N) is 2. The highest BCUT2D eigenvalue weighted by Crippen LogP contribution is 2.47. The Balaban J connectivity index is 1.47. The van der Waals surface area contributed by atoms with E-state index < -0.39 is 0 Å². The van der Waals surface area contributed by atoms with Gasteiger partial charge in [0, 0.05) is 28.4 Å². The van der Waals surface area contributed by atoms with E-state index in [1.54, 1.807) is 0 Å². The van der Waals surface area contributed by atoms with Gasteiger partial charge in [-0.15, -0.1) is 0 Å². The fourth-order valence-electron chi connectivity index (χ4n) is 6.80. The summed E-state index contributed by atoms with van der Waals surface area (Å²) in [6.45, 7) is 4.49. The van der Waals surface area contributed by atoms with Gasteiger partial charge in [0.05, 0.1) is 5.69 Å². The predicted molar refractivity (Wildman–Crippen MR) is 176 cm³/mol. The molecule has 3 nitrogen and oxygen atoms in total. The van der Waals surface area contributed by atoms with Crippen molar-refractivity contribution < 1.29 is 4.74 Å². The topological polar surface area (TPSA) is 15.7 Å². The molecule has 0 radical (unpaired) electrons. The zero-order chi connectivity index (χ0) is 28.2. The van der Waals surface area contributed by atoms with Crippen LogP contribution in [0.4, 0.5) is 34.1 Å². The summed E-state index contributed by atoms with van der Waals surface area (Å²) < 4.78 is 6.97. The first-order chi connectivity index (χ1) is 20.7. The standard InChI is InChI=1S/C38H29BN2O/c1-26-24-27(2)36-34(25-26)41(30-18-10-5-11-19-30)32-22-23-33(38-37(32)39(36)31-20-12-13-21-35(31)42-38)40(28-14-6-3-7-15-28)29-16-8-4-9-17-29/h3-25H,1-2H3. The lowest BCUT2D eigenvalue weighted by atomic mass is 9.33. The summed E-state index contributed by atoms with van der Waals surface area (Å²) in [5, 5.41) is 0. The van der Waals surface area contributed by atoms with E-state index in [1.807, 2.05) is 0 Å². The number of hydrogen-bond donors (Lipinski definition) is 0. The molecule has 0 bridgehead atoms. The van der Waals surface area contributed by atoms with Crippen molar-refractivity contribution in [3.63, 3.8) is 0 Å². The lowest BCUT2D eigenvalue weighted by Gasteiger charge is -2.42. The van der Waals surface area contributed by atoms with Gasteiger partial charge in [0.1, 0.15) is 11.5 Å². The molecule has 42 heavy (non-hydrogen) atoms. The van der Waals surface area contributed by atoms with E-state index >= 15 is 0 Å². The summed E-state index contributed by atoms with van der Waals surface area (Å²) in [6.07, 6.45) is 0. The van der Waals surface area contributed by atoms with E-state index in [2.05, 4.69) is 163 Å². The third-order valence-corrected chi connectivity index (χ3v) is 8.45. The molecule has 2 heterocycles. The quantitative estimate of drug-likeness (QED) is 0.210. The average Bonchev–Trinajstić information content (AvgIpc) is 3.03. The van der Waals surface area contributed by atoms with Crippen LogP contribution < -0.4 is 30.9 Å². The van der Waals surface area contributed by atoms with Crippen LogP contribution in [0.3, 0.4) is 0 Å². The number of benzene rings is 6. The Labute approximate surface area is 247 Å². The zero-order valence-corrected chi connectivity index (χ0v) is 23.7. The van der Waals surface area contributed by atoms with Crippen molar-refractivity contribution >= 4 is 57.2 Å². The molecule has 6 aromatic carbocycles. The summed E-state index contributed by atoms with van der Waals surface area (Å²) in [5.74, 6) is 1.81. The van der Waals surface area contributed by atoms with Gasteiger partial charge >= 0.3 is 0 Å². The molecule has 2 aliphatic heterocycles. The summed E-state index contributed by atoms with van der Waals surface area (Å²) >= 11 is 0. The maximum atomic E-state index is 6.97. The van der Waals surface area contributed by atoms with Gasteiger partial charge in [-0.1, -0.05) is 84.4 Å². The highest BCUT2D eigenvalue weighted by Gasteiger charge is 2.44. The second-order valence-corrected chi connectivity index (χ2v) is 11.1. The molecule has 0 N–H and O–H groups in total. The highest BCUT2D eigenvalue weighted by molar-refractivity contribution is 6.99. The minimum atomic E-state index is 0.0452. The first-order valence-electron chi connectivity index (χ1n) is 14.5. The fourth-order valence-corrected chi connectivity index (χ4v) is 6.80. The second-order valence-electron chi connectivity index (χ2n) is 11.1. The van der Waals surface area contributed by atoms with Crippen LogP contribution in [0, 0.1) is 13.8 Å². The summed E-state index contributed by atoms with van der Waals surface area (Å²) in [4.78, 5) is 4.73. The van der Waals surface area contributed by atoms with Gasteiger partial charge in [0.2, 0.25) is 0 Å². The number of fused-ring (bicyclic) bond motifs is 4. The minimum Gasteiger partial charge on any atom is -0.456 e. The average molecular weight is 540 g/mol. The number of hydrogen-bond acceptors (Lipinski definition) is 3. The van der Waals surface area contributed by atoms with Gasteiger partial charge in [-0.25, -0.2) is 0 Å². The molecule has 0 aromatic heterocycles. The van der Waals surface area contributed by atoms with Crippen LogP contribution in [0.15, 0.2) is 140 Å². The Hall–Kier alpha value is -5.22. The van der Waals surface area contributed by atoms with Crippen LogP contribution >= 0.6 is 0 Å². The van der Waals surface area contributed by atoms with E-state index in [9.17, 15) is 0 Å². The smallest absolute Gasteiger partial charge is 0.256 e. The summed E-state index contributed by atoms with van der Waals surface area (Å²) in [6, 6.07) is 49.5. The number of rotatable bonds is 4. The molecule has 200 valence electrons. The number of ether oxygens (including phenoxy) is 1. The predicted octanol–water partition coefficient (Wildman–Crippen LogP) is 8.18. The van der Waals surface area contributed by atoms with Crippen LogP contribution in [0.2, 0.25) is 0 Å². The first kappa shape index (κ1) is 24.6. The fraction of sp³-hybridized carbons (Fsp3) is 0.0526. The molecule has 0 amide bonds. The zero-order valence-electron chi connectivity index (χ0n) is 23.7. The molecule has 0 fully saturated rings. The normalized spacial score (nSPS) is 12.6. The monoisotopic (exact) mass is 540 g/mol. The Morgan fingerprint density at radius 3 is 1.90 bits per heavy atom. The van der Waals surface area contributed by atoms with Crippen molar-refractivity contribution in [1.29, 1.82) is 0 Å². The number of para-hydroxylation sites is 4. The molecule has 0 unspecified atom stereocenters. The molecule has 4 heteroatoms. The lowest BCUT2D eigenvalue weighted by molar-refractivity contribution is 0.488. The highest BCUT2D eigenvalue weighted by atomic mass is 16.5. The number of anilines is 6. The van der Waals surface area contributed by atoms with Gasteiger partial charge in [0.25, 0.3) is 6.71 Å². The van der Waals surface area contributed by atoms with Crippen LogP contribution in [0.25, 0.3) is 0 Å². The van der Waals surface area contributed by atoms with Crippen LogP contribution in [0.1, 0.15) is 11.1 Å². The van der Waals surface area contributed by atoms with Crippen LogP contribution in [0.5, 0.6) is 11.5 Å². The molecule has 0 saturated heterocycles. The van der Waals surface area contributed by atoms with Crippen molar-refractivity contribution in [3.8, 4) is 11.5 Å². The van der Waals surface area contributed by atoms with Crippen molar-refractivity contribution in [3.05, 3.63) is 151 Å². The largest absolute Gasteiger partial charge is 0.456 e. The molecule has 6 aromatic rings. The molecule has 0 spiro atoms. The Morgan fingerprint density at radius 2 is 1.21 bits per heavy atom. The second kappa shape index (κ2) is 9.71. The summed E-state index contributed by atoms with van der Waals surface area (Å²) in [7, 11) is 0. The van der Waals surface area contributed by atoms with E-state index in [4.69, 9.17) is 4.74 Å².